The molecule has 0 spiro atoms. The molecule has 0 saturated carbocycles. The summed E-state index contributed by atoms with van der Waals surface area (Å²) in [5.41, 5.74) is 2.66. The quantitative estimate of drug-likeness (QED) is 0.761. The monoisotopic (exact) mass is 270 g/mol. The molecule has 20 heavy (non-hydrogen) atoms. The van der Waals surface area contributed by atoms with Gasteiger partial charge in [-0.05, 0) is 32.8 Å². The average molecular weight is 270 g/mol. The molecule has 2 heteroatoms. The van der Waals surface area contributed by atoms with Crippen LogP contribution >= 0.6 is 0 Å². The first-order valence-electron chi connectivity index (χ1n) is 7.60. The lowest BCUT2D eigenvalue weighted by Crippen LogP contribution is -2.33. The summed E-state index contributed by atoms with van der Waals surface area (Å²) in [6.45, 7) is 10.8. The molecule has 0 aromatic heterocycles. The van der Waals surface area contributed by atoms with Crippen LogP contribution in [0.2, 0.25) is 0 Å². The Morgan fingerprint density at radius 2 is 1.85 bits per heavy atom. The van der Waals surface area contributed by atoms with Crippen LogP contribution in [-0.4, -0.2) is 17.3 Å². The Bertz CT molecular complexity index is 497. The standard InChI is InChI=1S/C18H26N2/c1-5-6-12-20-15(2)13-18(3,4)17(20)19-14-16-10-8-7-9-11-16/h7-11,13H,5-6,12,14H2,1-4H3. The Morgan fingerprint density at radius 1 is 1.15 bits per heavy atom. The van der Waals surface area contributed by atoms with Gasteiger partial charge in [-0.15, -0.1) is 0 Å². The second kappa shape index (κ2) is 6.25. The van der Waals surface area contributed by atoms with Crippen LogP contribution < -0.4 is 0 Å². The SMILES string of the molecule is CCCCN1C(C)=CC(C)(C)C1=NCc1ccccc1. The fourth-order valence-electron chi connectivity index (χ4n) is 2.82. The van der Waals surface area contributed by atoms with Crippen molar-refractivity contribution in [2.75, 3.05) is 6.54 Å². The van der Waals surface area contributed by atoms with Crippen LogP contribution in [0.25, 0.3) is 0 Å². The van der Waals surface area contributed by atoms with Gasteiger partial charge in [0.15, 0.2) is 0 Å². The molecule has 0 aliphatic carbocycles. The highest BCUT2D eigenvalue weighted by Gasteiger charge is 2.34. The summed E-state index contributed by atoms with van der Waals surface area (Å²) in [6.07, 6.45) is 4.77. The normalized spacial score (nSPS) is 19.5. The summed E-state index contributed by atoms with van der Waals surface area (Å²) in [5.74, 6) is 1.22. The van der Waals surface area contributed by atoms with Crippen molar-refractivity contribution in [2.24, 2.45) is 10.4 Å². The molecule has 2 rings (SSSR count). The first-order valence-corrected chi connectivity index (χ1v) is 7.60. The number of hydrogen-bond donors (Lipinski definition) is 0. The third kappa shape index (κ3) is 3.30. The Balaban J connectivity index is 2.17. The molecule has 0 unspecified atom stereocenters. The Labute approximate surface area is 123 Å². The second-order valence-electron chi connectivity index (χ2n) is 6.14. The zero-order valence-electron chi connectivity index (χ0n) is 13.2. The Hall–Kier alpha value is -1.57. The number of unbranched alkanes of at least 4 members (excludes halogenated alkanes) is 1. The molecule has 108 valence electrons. The minimum atomic E-state index is 0.0482. The summed E-state index contributed by atoms with van der Waals surface area (Å²) >= 11 is 0. The van der Waals surface area contributed by atoms with Crippen molar-refractivity contribution < 1.29 is 0 Å². The first-order chi connectivity index (χ1) is 9.54. The molecular weight excluding hydrogens is 244 g/mol. The topological polar surface area (TPSA) is 15.6 Å². The molecule has 1 aliphatic heterocycles. The van der Waals surface area contributed by atoms with E-state index in [0.29, 0.717) is 0 Å². The van der Waals surface area contributed by atoms with E-state index in [0.717, 1.165) is 13.1 Å². The van der Waals surface area contributed by atoms with E-state index in [2.05, 4.69) is 69.0 Å². The number of hydrogen-bond acceptors (Lipinski definition) is 1. The first kappa shape index (κ1) is 14.8. The van der Waals surface area contributed by atoms with Crippen LogP contribution in [0, 0.1) is 5.41 Å². The van der Waals surface area contributed by atoms with Gasteiger partial charge in [0.25, 0.3) is 0 Å². The highest BCUT2D eigenvalue weighted by atomic mass is 15.2. The van der Waals surface area contributed by atoms with E-state index in [9.17, 15) is 0 Å². The minimum absolute atomic E-state index is 0.0482. The zero-order valence-corrected chi connectivity index (χ0v) is 13.2. The summed E-state index contributed by atoms with van der Waals surface area (Å²) in [6, 6.07) is 10.5. The van der Waals surface area contributed by atoms with Gasteiger partial charge in [-0.25, -0.2) is 0 Å². The van der Waals surface area contributed by atoms with Crippen molar-refractivity contribution >= 4 is 5.84 Å². The maximum atomic E-state index is 4.92. The molecule has 1 aromatic carbocycles. The van der Waals surface area contributed by atoms with E-state index in [4.69, 9.17) is 4.99 Å². The predicted molar refractivity (Wildman–Crippen MR) is 86.7 cm³/mol. The molecular formula is C18H26N2. The lowest BCUT2D eigenvalue weighted by Gasteiger charge is -2.26. The van der Waals surface area contributed by atoms with E-state index >= 15 is 0 Å². The molecule has 1 aromatic rings. The highest BCUT2D eigenvalue weighted by Crippen LogP contribution is 2.33. The van der Waals surface area contributed by atoms with Crippen molar-refractivity contribution in [3.63, 3.8) is 0 Å². The van der Waals surface area contributed by atoms with Crippen LogP contribution in [0.15, 0.2) is 47.1 Å². The minimum Gasteiger partial charge on any atom is -0.334 e. The number of amidine groups is 1. The fourth-order valence-corrected chi connectivity index (χ4v) is 2.82. The molecule has 0 N–H and O–H groups in total. The maximum Gasteiger partial charge on any atom is 0.113 e. The second-order valence-corrected chi connectivity index (χ2v) is 6.14. The lowest BCUT2D eigenvalue weighted by molar-refractivity contribution is 0.478. The smallest absolute Gasteiger partial charge is 0.113 e. The molecule has 0 amide bonds. The van der Waals surface area contributed by atoms with E-state index < -0.39 is 0 Å². The third-order valence-corrected chi connectivity index (χ3v) is 3.82. The number of aliphatic imine (C=N–C) groups is 1. The third-order valence-electron chi connectivity index (χ3n) is 3.82. The number of allylic oxidation sites excluding steroid dienone is 1. The van der Waals surface area contributed by atoms with E-state index in [-0.39, 0.29) is 5.41 Å². The van der Waals surface area contributed by atoms with Gasteiger partial charge in [0, 0.05) is 17.7 Å². The van der Waals surface area contributed by atoms with Gasteiger partial charge in [0.1, 0.15) is 5.84 Å². The van der Waals surface area contributed by atoms with Crippen molar-refractivity contribution in [2.45, 2.75) is 47.1 Å². The molecule has 1 aliphatic rings. The highest BCUT2D eigenvalue weighted by molar-refractivity contribution is 5.93. The molecule has 0 saturated heterocycles. The average Bonchev–Trinajstić information content (AvgIpc) is 2.64. The molecule has 0 radical (unpaired) electrons. The Kier molecular flexibility index (Phi) is 4.64. The summed E-state index contributed by atoms with van der Waals surface area (Å²) < 4.78 is 0. The maximum absolute atomic E-state index is 4.92. The van der Waals surface area contributed by atoms with Crippen LogP contribution in [-0.2, 0) is 6.54 Å². The number of nitrogens with zero attached hydrogens (tertiary/aromatic N) is 2. The Morgan fingerprint density at radius 3 is 2.50 bits per heavy atom. The lowest BCUT2D eigenvalue weighted by atomic mass is 9.93. The van der Waals surface area contributed by atoms with E-state index in [1.165, 1.54) is 29.9 Å². The zero-order chi connectivity index (χ0) is 14.6. The van der Waals surface area contributed by atoms with Gasteiger partial charge >= 0.3 is 0 Å². The number of rotatable bonds is 5. The number of benzene rings is 1. The summed E-state index contributed by atoms with van der Waals surface area (Å²) in [5, 5.41) is 0. The van der Waals surface area contributed by atoms with Crippen LogP contribution in [0.5, 0.6) is 0 Å². The fraction of sp³-hybridized carbons (Fsp3) is 0.500. The van der Waals surface area contributed by atoms with E-state index in [1.54, 1.807) is 0 Å². The van der Waals surface area contributed by atoms with Gasteiger partial charge in [0.2, 0.25) is 0 Å². The molecule has 0 atom stereocenters. The van der Waals surface area contributed by atoms with Gasteiger partial charge in [-0.2, -0.15) is 0 Å². The van der Waals surface area contributed by atoms with Gasteiger partial charge in [-0.3, -0.25) is 4.99 Å². The largest absolute Gasteiger partial charge is 0.334 e. The molecule has 1 heterocycles. The van der Waals surface area contributed by atoms with Gasteiger partial charge < -0.3 is 4.90 Å². The van der Waals surface area contributed by atoms with Gasteiger partial charge in [-0.1, -0.05) is 49.8 Å². The van der Waals surface area contributed by atoms with Crippen LogP contribution in [0.3, 0.4) is 0 Å². The van der Waals surface area contributed by atoms with Crippen molar-refractivity contribution in [3.8, 4) is 0 Å². The summed E-state index contributed by atoms with van der Waals surface area (Å²) in [4.78, 5) is 7.32. The van der Waals surface area contributed by atoms with Crippen LogP contribution in [0.4, 0.5) is 0 Å². The van der Waals surface area contributed by atoms with Crippen LogP contribution in [0.1, 0.15) is 46.1 Å². The van der Waals surface area contributed by atoms with Crippen molar-refractivity contribution in [3.05, 3.63) is 47.7 Å². The predicted octanol–water partition coefficient (Wildman–Crippen LogP) is 4.63. The molecule has 0 bridgehead atoms. The van der Waals surface area contributed by atoms with Crippen molar-refractivity contribution in [1.82, 2.24) is 4.90 Å². The molecule has 0 fully saturated rings. The van der Waals surface area contributed by atoms with Crippen molar-refractivity contribution in [1.29, 1.82) is 0 Å². The van der Waals surface area contributed by atoms with E-state index in [1.807, 2.05) is 0 Å². The van der Waals surface area contributed by atoms with Gasteiger partial charge in [0.05, 0.1) is 6.54 Å². The molecule has 2 nitrogen and oxygen atoms in total. The summed E-state index contributed by atoms with van der Waals surface area (Å²) in [7, 11) is 0.